The van der Waals surface area contributed by atoms with Gasteiger partial charge in [-0.3, -0.25) is 4.99 Å². The molecule has 0 unspecified atom stereocenters. The molecule has 1 saturated carbocycles. The van der Waals surface area contributed by atoms with Crippen molar-refractivity contribution >= 4 is 5.96 Å². The van der Waals surface area contributed by atoms with Crippen LogP contribution in [0, 0.1) is 0 Å². The molecule has 5 nitrogen and oxygen atoms in total. The predicted molar refractivity (Wildman–Crippen MR) is 98.6 cm³/mol. The molecule has 0 aromatic heterocycles. The highest BCUT2D eigenvalue weighted by Crippen LogP contribution is 2.17. The van der Waals surface area contributed by atoms with Crippen molar-refractivity contribution < 1.29 is 9.47 Å². The smallest absolute Gasteiger partial charge is 0.191 e. The summed E-state index contributed by atoms with van der Waals surface area (Å²) in [5, 5.41) is 6.93. The standard InChI is InChI=1S/C19H31N3O2/c1-20-19(22-17-9-4-3-5-10-17)21-15-16-8-6-11-18(14-16)24-13-7-12-23-2/h6,8,11,14,17H,3-5,7,9-10,12-13,15H2,1-2H3,(H2,20,21,22). The number of aliphatic imine (C=N–C) groups is 1. The molecule has 1 fully saturated rings. The minimum Gasteiger partial charge on any atom is -0.493 e. The molecule has 1 aromatic carbocycles. The van der Waals surface area contributed by atoms with Gasteiger partial charge in [0.25, 0.3) is 0 Å². The second-order valence-electron chi connectivity index (χ2n) is 6.25. The maximum atomic E-state index is 5.75. The molecule has 0 radical (unpaired) electrons. The van der Waals surface area contributed by atoms with Crippen molar-refractivity contribution in [1.29, 1.82) is 0 Å². The van der Waals surface area contributed by atoms with Gasteiger partial charge in [0.15, 0.2) is 5.96 Å². The fourth-order valence-electron chi connectivity index (χ4n) is 2.96. The van der Waals surface area contributed by atoms with Gasteiger partial charge in [-0.1, -0.05) is 31.4 Å². The van der Waals surface area contributed by atoms with Gasteiger partial charge in [0.1, 0.15) is 5.75 Å². The summed E-state index contributed by atoms with van der Waals surface area (Å²) in [6.07, 6.45) is 7.38. The SMILES string of the molecule is CN=C(NCc1cccc(OCCCOC)c1)NC1CCCCC1. The highest BCUT2D eigenvalue weighted by Gasteiger charge is 2.14. The second-order valence-corrected chi connectivity index (χ2v) is 6.25. The average molecular weight is 333 g/mol. The third-order valence-electron chi connectivity index (χ3n) is 4.29. The zero-order valence-electron chi connectivity index (χ0n) is 15.0. The van der Waals surface area contributed by atoms with E-state index in [-0.39, 0.29) is 0 Å². The predicted octanol–water partition coefficient (Wildman–Crippen LogP) is 3.10. The van der Waals surface area contributed by atoms with Gasteiger partial charge in [0.05, 0.1) is 6.61 Å². The molecule has 1 aliphatic rings. The van der Waals surface area contributed by atoms with Crippen molar-refractivity contribution in [3.05, 3.63) is 29.8 Å². The van der Waals surface area contributed by atoms with Gasteiger partial charge in [-0.05, 0) is 30.5 Å². The number of hydrogen-bond acceptors (Lipinski definition) is 3. The molecule has 0 saturated heterocycles. The molecule has 0 atom stereocenters. The van der Waals surface area contributed by atoms with Crippen LogP contribution in [0.4, 0.5) is 0 Å². The summed E-state index contributed by atoms with van der Waals surface area (Å²) >= 11 is 0. The molecule has 24 heavy (non-hydrogen) atoms. The normalized spacial score (nSPS) is 16.0. The minimum absolute atomic E-state index is 0.556. The van der Waals surface area contributed by atoms with E-state index in [1.165, 1.54) is 37.7 Å². The third-order valence-corrected chi connectivity index (χ3v) is 4.29. The highest BCUT2D eigenvalue weighted by atomic mass is 16.5. The molecule has 5 heteroatoms. The summed E-state index contributed by atoms with van der Waals surface area (Å²) in [4.78, 5) is 4.34. The summed E-state index contributed by atoms with van der Waals surface area (Å²) in [5.74, 6) is 1.79. The fourth-order valence-corrected chi connectivity index (χ4v) is 2.96. The van der Waals surface area contributed by atoms with Crippen LogP contribution in [0.25, 0.3) is 0 Å². The van der Waals surface area contributed by atoms with Crippen LogP contribution in [-0.2, 0) is 11.3 Å². The first-order valence-corrected chi connectivity index (χ1v) is 8.99. The zero-order chi connectivity index (χ0) is 17.0. The van der Waals surface area contributed by atoms with E-state index in [2.05, 4.69) is 27.8 Å². The van der Waals surface area contributed by atoms with Gasteiger partial charge in [0.2, 0.25) is 0 Å². The number of nitrogens with one attached hydrogen (secondary N) is 2. The van der Waals surface area contributed by atoms with Gasteiger partial charge >= 0.3 is 0 Å². The Hall–Kier alpha value is -1.75. The van der Waals surface area contributed by atoms with Gasteiger partial charge < -0.3 is 20.1 Å². The summed E-state index contributed by atoms with van der Waals surface area (Å²) in [6, 6.07) is 8.75. The van der Waals surface area contributed by atoms with Crippen LogP contribution in [0.1, 0.15) is 44.1 Å². The van der Waals surface area contributed by atoms with Crippen LogP contribution in [0.5, 0.6) is 5.75 Å². The number of hydrogen-bond donors (Lipinski definition) is 2. The second kappa shape index (κ2) is 10.9. The minimum atomic E-state index is 0.556. The van der Waals surface area contributed by atoms with Crippen molar-refractivity contribution in [3.8, 4) is 5.75 Å². The topological polar surface area (TPSA) is 54.9 Å². The van der Waals surface area contributed by atoms with Crippen LogP contribution in [0.3, 0.4) is 0 Å². The molecular weight excluding hydrogens is 302 g/mol. The quantitative estimate of drug-likeness (QED) is 0.436. The maximum Gasteiger partial charge on any atom is 0.191 e. The van der Waals surface area contributed by atoms with Gasteiger partial charge in [0, 0.05) is 39.8 Å². The molecule has 0 spiro atoms. The van der Waals surface area contributed by atoms with E-state index < -0.39 is 0 Å². The molecule has 0 aliphatic heterocycles. The molecular formula is C19H31N3O2. The molecule has 2 rings (SSSR count). The first-order chi connectivity index (χ1) is 11.8. The Balaban J connectivity index is 1.77. The van der Waals surface area contributed by atoms with E-state index in [4.69, 9.17) is 9.47 Å². The monoisotopic (exact) mass is 333 g/mol. The lowest BCUT2D eigenvalue weighted by molar-refractivity contribution is 0.172. The number of guanidine groups is 1. The van der Waals surface area contributed by atoms with Crippen LogP contribution in [-0.4, -0.2) is 39.4 Å². The molecule has 134 valence electrons. The Bertz CT molecular complexity index is 499. The lowest BCUT2D eigenvalue weighted by Gasteiger charge is -2.24. The zero-order valence-corrected chi connectivity index (χ0v) is 15.0. The molecule has 1 aromatic rings. The van der Waals surface area contributed by atoms with Crippen molar-refractivity contribution in [2.45, 2.75) is 51.1 Å². The number of nitrogens with zero attached hydrogens (tertiary/aromatic N) is 1. The Morgan fingerprint density at radius 1 is 1.21 bits per heavy atom. The summed E-state index contributed by atoms with van der Waals surface area (Å²) in [6.45, 7) is 2.14. The fraction of sp³-hybridized carbons (Fsp3) is 0.632. The summed E-state index contributed by atoms with van der Waals surface area (Å²) in [7, 11) is 3.54. The Morgan fingerprint density at radius 3 is 2.79 bits per heavy atom. The van der Waals surface area contributed by atoms with Crippen molar-refractivity contribution in [2.24, 2.45) is 4.99 Å². The van der Waals surface area contributed by atoms with Crippen LogP contribution in [0.2, 0.25) is 0 Å². The number of benzene rings is 1. The number of ether oxygens (including phenoxy) is 2. The molecule has 1 aliphatic carbocycles. The summed E-state index contributed by atoms with van der Waals surface area (Å²) < 4.78 is 10.8. The molecule has 0 heterocycles. The van der Waals surface area contributed by atoms with E-state index in [1.54, 1.807) is 7.11 Å². The average Bonchev–Trinajstić information content (AvgIpc) is 2.63. The lowest BCUT2D eigenvalue weighted by Crippen LogP contribution is -2.43. The van der Waals surface area contributed by atoms with Crippen molar-refractivity contribution in [2.75, 3.05) is 27.4 Å². The van der Waals surface area contributed by atoms with Gasteiger partial charge in [-0.15, -0.1) is 0 Å². The van der Waals surface area contributed by atoms with Gasteiger partial charge in [-0.2, -0.15) is 0 Å². The van der Waals surface area contributed by atoms with Crippen LogP contribution in [0.15, 0.2) is 29.3 Å². The number of rotatable bonds is 8. The highest BCUT2D eigenvalue weighted by molar-refractivity contribution is 5.79. The molecule has 2 N–H and O–H groups in total. The first kappa shape index (κ1) is 18.6. The van der Waals surface area contributed by atoms with E-state index in [9.17, 15) is 0 Å². The van der Waals surface area contributed by atoms with Crippen LogP contribution < -0.4 is 15.4 Å². The Morgan fingerprint density at radius 2 is 2.04 bits per heavy atom. The van der Waals surface area contributed by atoms with Crippen LogP contribution >= 0.6 is 0 Å². The Labute approximate surface area is 145 Å². The van der Waals surface area contributed by atoms with Crippen molar-refractivity contribution in [3.63, 3.8) is 0 Å². The molecule has 0 amide bonds. The summed E-state index contributed by atoms with van der Waals surface area (Å²) in [5.41, 5.74) is 1.19. The van der Waals surface area contributed by atoms with E-state index in [0.29, 0.717) is 12.6 Å². The largest absolute Gasteiger partial charge is 0.493 e. The van der Waals surface area contributed by atoms with Gasteiger partial charge in [-0.25, -0.2) is 0 Å². The van der Waals surface area contributed by atoms with Crippen molar-refractivity contribution in [1.82, 2.24) is 10.6 Å². The molecule has 0 bridgehead atoms. The lowest BCUT2D eigenvalue weighted by atomic mass is 9.96. The maximum absolute atomic E-state index is 5.75. The van der Waals surface area contributed by atoms with E-state index >= 15 is 0 Å². The Kier molecular flexibility index (Phi) is 8.46. The van der Waals surface area contributed by atoms with E-state index in [0.717, 1.165) is 31.3 Å². The van der Waals surface area contributed by atoms with E-state index in [1.807, 2.05) is 19.2 Å². The number of methoxy groups -OCH3 is 1. The third kappa shape index (κ3) is 6.79. The first-order valence-electron chi connectivity index (χ1n) is 8.99.